The molecule has 0 radical (unpaired) electrons. The Bertz CT molecular complexity index is 958. The maximum absolute atomic E-state index is 12.6. The minimum absolute atomic E-state index is 0.114. The van der Waals surface area contributed by atoms with E-state index >= 15 is 0 Å². The SMILES string of the molecule is CCOc1ccccc1C(=O)NCC(=O)NC(Cc1ccccc1)c1ccccc1. The summed E-state index contributed by atoms with van der Waals surface area (Å²) in [6.45, 7) is 2.21. The van der Waals surface area contributed by atoms with Crippen LogP contribution in [0.3, 0.4) is 0 Å². The number of ether oxygens (including phenoxy) is 1. The van der Waals surface area contributed by atoms with Gasteiger partial charge in [0.1, 0.15) is 5.75 Å². The van der Waals surface area contributed by atoms with Gasteiger partial charge in [-0.2, -0.15) is 0 Å². The zero-order valence-corrected chi connectivity index (χ0v) is 17.0. The summed E-state index contributed by atoms with van der Waals surface area (Å²) in [5.41, 5.74) is 2.56. The van der Waals surface area contributed by atoms with Crippen molar-refractivity contribution in [3.05, 3.63) is 102 Å². The highest BCUT2D eigenvalue weighted by Gasteiger charge is 2.17. The number of benzene rings is 3. The van der Waals surface area contributed by atoms with Crippen molar-refractivity contribution < 1.29 is 14.3 Å². The van der Waals surface area contributed by atoms with Crippen molar-refractivity contribution in [3.63, 3.8) is 0 Å². The molecule has 0 aliphatic carbocycles. The number of amides is 2. The molecule has 3 aromatic carbocycles. The van der Waals surface area contributed by atoms with E-state index in [0.29, 0.717) is 24.3 Å². The van der Waals surface area contributed by atoms with E-state index < -0.39 is 0 Å². The van der Waals surface area contributed by atoms with Crippen LogP contribution in [-0.2, 0) is 11.2 Å². The molecule has 0 saturated carbocycles. The Morgan fingerprint density at radius 1 is 0.867 bits per heavy atom. The summed E-state index contributed by atoms with van der Waals surface area (Å²) in [6, 6.07) is 26.6. The van der Waals surface area contributed by atoms with Crippen molar-refractivity contribution in [3.8, 4) is 5.75 Å². The molecule has 0 aliphatic rings. The fourth-order valence-electron chi connectivity index (χ4n) is 3.22. The van der Waals surface area contributed by atoms with Crippen molar-refractivity contribution in [2.75, 3.05) is 13.2 Å². The molecule has 0 saturated heterocycles. The molecular weight excluding hydrogens is 376 g/mol. The van der Waals surface area contributed by atoms with Crippen LogP contribution in [0.2, 0.25) is 0 Å². The van der Waals surface area contributed by atoms with Crippen LogP contribution < -0.4 is 15.4 Å². The summed E-state index contributed by atoms with van der Waals surface area (Å²) in [5, 5.41) is 5.73. The monoisotopic (exact) mass is 402 g/mol. The highest BCUT2D eigenvalue weighted by Crippen LogP contribution is 2.19. The first kappa shape index (κ1) is 21.1. The molecule has 0 bridgehead atoms. The van der Waals surface area contributed by atoms with Crippen molar-refractivity contribution in [2.24, 2.45) is 0 Å². The smallest absolute Gasteiger partial charge is 0.255 e. The topological polar surface area (TPSA) is 67.4 Å². The molecule has 0 fully saturated rings. The van der Waals surface area contributed by atoms with Gasteiger partial charge in [-0.25, -0.2) is 0 Å². The van der Waals surface area contributed by atoms with Gasteiger partial charge in [0.15, 0.2) is 0 Å². The van der Waals surface area contributed by atoms with Crippen LogP contribution in [-0.4, -0.2) is 25.0 Å². The lowest BCUT2D eigenvalue weighted by atomic mass is 9.99. The third-order valence-corrected chi connectivity index (χ3v) is 4.66. The Morgan fingerprint density at radius 3 is 2.20 bits per heavy atom. The average Bonchev–Trinajstić information content (AvgIpc) is 2.79. The van der Waals surface area contributed by atoms with Gasteiger partial charge >= 0.3 is 0 Å². The predicted molar refractivity (Wildman–Crippen MR) is 117 cm³/mol. The van der Waals surface area contributed by atoms with Gasteiger partial charge in [-0.15, -0.1) is 0 Å². The van der Waals surface area contributed by atoms with E-state index in [1.54, 1.807) is 18.2 Å². The summed E-state index contributed by atoms with van der Waals surface area (Å²) in [5.74, 6) is -0.0836. The lowest BCUT2D eigenvalue weighted by Gasteiger charge is -2.20. The highest BCUT2D eigenvalue weighted by atomic mass is 16.5. The summed E-state index contributed by atoms with van der Waals surface area (Å²) in [4.78, 5) is 25.1. The van der Waals surface area contributed by atoms with Crippen LogP contribution in [0.25, 0.3) is 0 Å². The summed E-state index contributed by atoms with van der Waals surface area (Å²) in [7, 11) is 0. The molecule has 154 valence electrons. The van der Waals surface area contributed by atoms with Crippen molar-refractivity contribution in [1.82, 2.24) is 10.6 Å². The number of hydrogen-bond donors (Lipinski definition) is 2. The van der Waals surface area contributed by atoms with Crippen molar-refractivity contribution in [1.29, 1.82) is 0 Å². The Balaban J connectivity index is 1.64. The lowest BCUT2D eigenvalue weighted by Crippen LogP contribution is -2.39. The molecule has 3 rings (SSSR count). The largest absolute Gasteiger partial charge is 0.493 e. The van der Waals surface area contributed by atoms with Gasteiger partial charge in [0.25, 0.3) is 5.91 Å². The lowest BCUT2D eigenvalue weighted by molar-refractivity contribution is -0.120. The number of rotatable bonds is 9. The van der Waals surface area contributed by atoms with E-state index in [2.05, 4.69) is 10.6 Å². The van der Waals surface area contributed by atoms with E-state index in [1.165, 1.54) is 0 Å². The fraction of sp³-hybridized carbons (Fsp3) is 0.200. The quantitative estimate of drug-likeness (QED) is 0.570. The molecular formula is C25H26N2O3. The normalized spacial score (nSPS) is 11.4. The zero-order valence-electron chi connectivity index (χ0n) is 17.0. The number of carbonyl (C=O) groups is 2. The number of para-hydroxylation sites is 1. The molecule has 3 aromatic rings. The molecule has 0 aliphatic heterocycles. The van der Waals surface area contributed by atoms with Gasteiger partial charge in [0.05, 0.1) is 24.8 Å². The minimum Gasteiger partial charge on any atom is -0.493 e. The van der Waals surface area contributed by atoms with Crippen LogP contribution in [0.4, 0.5) is 0 Å². The van der Waals surface area contributed by atoms with Crippen LogP contribution in [0, 0.1) is 0 Å². The second kappa shape index (κ2) is 10.8. The van der Waals surface area contributed by atoms with Crippen LogP contribution in [0.15, 0.2) is 84.9 Å². The zero-order chi connectivity index (χ0) is 21.2. The fourth-order valence-corrected chi connectivity index (χ4v) is 3.22. The summed E-state index contributed by atoms with van der Waals surface area (Å²) < 4.78 is 5.49. The highest BCUT2D eigenvalue weighted by molar-refractivity contribution is 5.98. The van der Waals surface area contributed by atoms with E-state index in [1.807, 2.05) is 73.7 Å². The maximum Gasteiger partial charge on any atom is 0.255 e. The Hall–Kier alpha value is -3.60. The van der Waals surface area contributed by atoms with Crippen LogP contribution in [0.1, 0.15) is 34.5 Å². The number of hydrogen-bond acceptors (Lipinski definition) is 3. The molecule has 2 N–H and O–H groups in total. The van der Waals surface area contributed by atoms with Gasteiger partial charge in [0.2, 0.25) is 5.91 Å². The van der Waals surface area contributed by atoms with Gasteiger partial charge in [-0.3, -0.25) is 9.59 Å². The van der Waals surface area contributed by atoms with Gasteiger partial charge in [-0.1, -0.05) is 72.8 Å². The van der Waals surface area contributed by atoms with Crippen LogP contribution in [0.5, 0.6) is 5.75 Å². The van der Waals surface area contributed by atoms with Gasteiger partial charge in [0, 0.05) is 0 Å². The van der Waals surface area contributed by atoms with Crippen LogP contribution >= 0.6 is 0 Å². The van der Waals surface area contributed by atoms with E-state index in [4.69, 9.17) is 4.74 Å². The molecule has 2 amide bonds. The first-order chi connectivity index (χ1) is 14.7. The summed E-state index contributed by atoms with van der Waals surface area (Å²) in [6.07, 6.45) is 0.664. The van der Waals surface area contributed by atoms with E-state index in [0.717, 1.165) is 11.1 Å². The third kappa shape index (κ3) is 5.95. The number of nitrogens with one attached hydrogen (secondary N) is 2. The van der Waals surface area contributed by atoms with Crippen molar-refractivity contribution >= 4 is 11.8 Å². The Kier molecular flexibility index (Phi) is 7.61. The van der Waals surface area contributed by atoms with Crippen molar-refractivity contribution in [2.45, 2.75) is 19.4 Å². The summed E-state index contributed by atoms with van der Waals surface area (Å²) >= 11 is 0. The molecule has 5 nitrogen and oxygen atoms in total. The molecule has 1 unspecified atom stereocenters. The maximum atomic E-state index is 12.6. The standard InChI is InChI=1S/C25H26N2O3/c1-2-30-23-16-10-9-15-21(23)25(29)26-18-24(28)27-22(20-13-7-4-8-14-20)17-19-11-5-3-6-12-19/h3-16,22H,2,17-18H2,1H3,(H,26,29)(H,27,28). The van der Waals surface area contributed by atoms with Gasteiger partial charge < -0.3 is 15.4 Å². The van der Waals surface area contributed by atoms with E-state index in [9.17, 15) is 9.59 Å². The second-order valence-electron chi connectivity index (χ2n) is 6.83. The number of carbonyl (C=O) groups excluding carboxylic acids is 2. The first-order valence-electron chi connectivity index (χ1n) is 10.1. The predicted octanol–water partition coefficient (Wildman–Crippen LogP) is 3.92. The molecule has 1 atom stereocenters. The molecule has 30 heavy (non-hydrogen) atoms. The Labute approximate surface area is 177 Å². The first-order valence-corrected chi connectivity index (χ1v) is 10.1. The Morgan fingerprint density at radius 2 is 1.50 bits per heavy atom. The molecule has 0 heterocycles. The van der Waals surface area contributed by atoms with E-state index in [-0.39, 0.29) is 24.4 Å². The minimum atomic E-state index is -0.339. The molecule has 0 spiro atoms. The molecule has 0 aromatic heterocycles. The third-order valence-electron chi connectivity index (χ3n) is 4.66. The average molecular weight is 402 g/mol. The second-order valence-corrected chi connectivity index (χ2v) is 6.83. The molecule has 5 heteroatoms. The van der Waals surface area contributed by atoms with Gasteiger partial charge in [-0.05, 0) is 36.6 Å².